The summed E-state index contributed by atoms with van der Waals surface area (Å²) in [6, 6.07) is 8.80. The van der Waals surface area contributed by atoms with Crippen molar-refractivity contribution in [1.29, 1.82) is 0 Å². The van der Waals surface area contributed by atoms with Gasteiger partial charge in [-0.2, -0.15) is 0 Å². The standard InChI is InChI=1S/C15H21N3O2/c19-15-16-7-8-18(15)9-10-20-14-4-2-1-3-12(14)11-17-13-5-6-13/h1-4,13,17H,5-11H2,(H,16,19). The minimum atomic E-state index is 0.0114. The Bertz CT molecular complexity index is 474. The Morgan fingerprint density at radius 2 is 2.20 bits per heavy atom. The van der Waals surface area contributed by atoms with Gasteiger partial charge in [-0.1, -0.05) is 18.2 Å². The van der Waals surface area contributed by atoms with Gasteiger partial charge in [-0.3, -0.25) is 0 Å². The maximum Gasteiger partial charge on any atom is 0.317 e. The summed E-state index contributed by atoms with van der Waals surface area (Å²) in [5, 5.41) is 6.29. The van der Waals surface area contributed by atoms with Gasteiger partial charge in [0.05, 0.1) is 6.54 Å². The lowest BCUT2D eigenvalue weighted by Gasteiger charge is -2.16. The van der Waals surface area contributed by atoms with Crippen LogP contribution in [0.5, 0.6) is 5.75 Å². The average molecular weight is 275 g/mol. The minimum Gasteiger partial charge on any atom is -0.491 e. The highest BCUT2D eigenvalue weighted by Gasteiger charge is 2.21. The van der Waals surface area contributed by atoms with Crippen LogP contribution in [-0.2, 0) is 6.54 Å². The Morgan fingerprint density at radius 3 is 2.95 bits per heavy atom. The summed E-state index contributed by atoms with van der Waals surface area (Å²) >= 11 is 0. The predicted molar refractivity (Wildman–Crippen MR) is 76.8 cm³/mol. The lowest BCUT2D eigenvalue weighted by atomic mass is 10.2. The van der Waals surface area contributed by atoms with Gasteiger partial charge in [-0.25, -0.2) is 4.79 Å². The SMILES string of the molecule is O=C1NCCN1CCOc1ccccc1CNC1CC1. The van der Waals surface area contributed by atoms with Crippen LogP contribution in [0.4, 0.5) is 4.79 Å². The topological polar surface area (TPSA) is 53.6 Å². The summed E-state index contributed by atoms with van der Waals surface area (Å²) in [5.41, 5.74) is 1.19. The molecule has 5 heteroatoms. The van der Waals surface area contributed by atoms with Crippen LogP contribution in [0.25, 0.3) is 0 Å². The van der Waals surface area contributed by atoms with Gasteiger partial charge in [0.25, 0.3) is 0 Å². The normalized spacial score (nSPS) is 18.2. The quantitative estimate of drug-likeness (QED) is 0.789. The molecule has 5 nitrogen and oxygen atoms in total. The van der Waals surface area contributed by atoms with Crippen LogP contribution in [0, 0.1) is 0 Å². The van der Waals surface area contributed by atoms with E-state index in [0.29, 0.717) is 19.2 Å². The number of hydrogen-bond acceptors (Lipinski definition) is 3. The third-order valence-corrected chi connectivity index (χ3v) is 3.70. The van der Waals surface area contributed by atoms with Crippen LogP contribution >= 0.6 is 0 Å². The number of rotatable bonds is 7. The lowest BCUT2D eigenvalue weighted by molar-refractivity contribution is 0.202. The molecular weight excluding hydrogens is 254 g/mol. The Labute approximate surface area is 119 Å². The molecule has 2 amide bonds. The molecule has 1 saturated heterocycles. The number of carbonyl (C=O) groups is 1. The van der Waals surface area contributed by atoms with Gasteiger partial charge in [0, 0.05) is 31.2 Å². The van der Waals surface area contributed by atoms with Crippen molar-refractivity contribution in [3.63, 3.8) is 0 Å². The predicted octanol–water partition coefficient (Wildman–Crippen LogP) is 1.34. The molecule has 1 aromatic rings. The average Bonchev–Trinajstić information content (AvgIpc) is 3.21. The van der Waals surface area contributed by atoms with E-state index in [0.717, 1.165) is 25.4 Å². The molecule has 1 aromatic carbocycles. The summed E-state index contributed by atoms with van der Waals surface area (Å²) < 4.78 is 5.84. The van der Waals surface area contributed by atoms with E-state index >= 15 is 0 Å². The van der Waals surface area contributed by atoms with Crippen LogP contribution < -0.4 is 15.4 Å². The molecule has 1 heterocycles. The van der Waals surface area contributed by atoms with Crippen LogP contribution in [0.3, 0.4) is 0 Å². The molecule has 0 atom stereocenters. The number of ether oxygens (including phenoxy) is 1. The highest BCUT2D eigenvalue weighted by atomic mass is 16.5. The highest BCUT2D eigenvalue weighted by Crippen LogP contribution is 2.22. The van der Waals surface area contributed by atoms with Crippen LogP contribution in [0.2, 0.25) is 0 Å². The maximum absolute atomic E-state index is 11.4. The van der Waals surface area contributed by atoms with E-state index in [2.05, 4.69) is 16.7 Å². The first-order valence-corrected chi connectivity index (χ1v) is 7.30. The van der Waals surface area contributed by atoms with Crippen LogP contribution in [-0.4, -0.2) is 43.2 Å². The molecule has 0 unspecified atom stereocenters. The van der Waals surface area contributed by atoms with Gasteiger partial charge in [0.2, 0.25) is 0 Å². The number of nitrogens with one attached hydrogen (secondary N) is 2. The van der Waals surface area contributed by atoms with Gasteiger partial charge in [-0.05, 0) is 18.9 Å². The van der Waals surface area contributed by atoms with Crippen LogP contribution in [0.1, 0.15) is 18.4 Å². The molecule has 0 aromatic heterocycles. The zero-order valence-corrected chi connectivity index (χ0v) is 11.6. The number of benzene rings is 1. The molecule has 2 fully saturated rings. The van der Waals surface area contributed by atoms with Crippen LogP contribution in [0.15, 0.2) is 24.3 Å². The zero-order valence-electron chi connectivity index (χ0n) is 11.6. The van der Waals surface area contributed by atoms with E-state index in [4.69, 9.17) is 4.74 Å². The Hall–Kier alpha value is -1.75. The van der Waals surface area contributed by atoms with E-state index in [1.54, 1.807) is 4.90 Å². The molecule has 3 rings (SSSR count). The lowest BCUT2D eigenvalue weighted by Crippen LogP contribution is -2.32. The molecule has 20 heavy (non-hydrogen) atoms. The number of para-hydroxylation sites is 1. The number of carbonyl (C=O) groups excluding carboxylic acids is 1. The summed E-state index contributed by atoms with van der Waals surface area (Å²) in [6.07, 6.45) is 2.57. The molecule has 108 valence electrons. The fraction of sp³-hybridized carbons (Fsp3) is 0.533. The Morgan fingerprint density at radius 1 is 1.35 bits per heavy atom. The van der Waals surface area contributed by atoms with Crippen molar-refractivity contribution in [2.75, 3.05) is 26.2 Å². The molecule has 0 spiro atoms. The Kier molecular flexibility index (Phi) is 4.06. The van der Waals surface area contributed by atoms with E-state index < -0.39 is 0 Å². The van der Waals surface area contributed by atoms with Gasteiger partial charge >= 0.3 is 6.03 Å². The molecule has 0 bridgehead atoms. The molecule has 1 aliphatic carbocycles. The molecule has 1 saturated carbocycles. The second-order valence-corrected chi connectivity index (χ2v) is 5.33. The van der Waals surface area contributed by atoms with E-state index in [-0.39, 0.29) is 6.03 Å². The van der Waals surface area contributed by atoms with Crippen molar-refractivity contribution < 1.29 is 9.53 Å². The number of nitrogens with zero attached hydrogens (tertiary/aromatic N) is 1. The highest BCUT2D eigenvalue weighted by molar-refractivity contribution is 5.76. The molecule has 1 aliphatic heterocycles. The third-order valence-electron chi connectivity index (χ3n) is 3.70. The zero-order chi connectivity index (χ0) is 13.8. The first kappa shape index (κ1) is 13.2. The molecular formula is C15H21N3O2. The van der Waals surface area contributed by atoms with Gasteiger partial charge in [-0.15, -0.1) is 0 Å². The van der Waals surface area contributed by atoms with Crippen molar-refractivity contribution in [3.05, 3.63) is 29.8 Å². The summed E-state index contributed by atoms with van der Waals surface area (Å²) in [5.74, 6) is 0.917. The van der Waals surface area contributed by atoms with Crippen molar-refractivity contribution >= 4 is 6.03 Å². The Balaban J connectivity index is 1.49. The number of hydrogen-bond donors (Lipinski definition) is 2. The summed E-state index contributed by atoms with van der Waals surface area (Å²) in [7, 11) is 0. The van der Waals surface area contributed by atoms with Crippen molar-refractivity contribution in [2.24, 2.45) is 0 Å². The largest absolute Gasteiger partial charge is 0.491 e. The van der Waals surface area contributed by atoms with Crippen molar-refractivity contribution in [2.45, 2.75) is 25.4 Å². The monoisotopic (exact) mass is 275 g/mol. The summed E-state index contributed by atoms with van der Waals surface area (Å²) in [4.78, 5) is 13.2. The van der Waals surface area contributed by atoms with Gasteiger partial charge < -0.3 is 20.3 Å². The van der Waals surface area contributed by atoms with E-state index in [1.807, 2.05) is 18.2 Å². The number of urea groups is 1. The number of amides is 2. The fourth-order valence-corrected chi connectivity index (χ4v) is 2.32. The molecule has 0 radical (unpaired) electrons. The van der Waals surface area contributed by atoms with E-state index in [1.165, 1.54) is 18.4 Å². The second-order valence-electron chi connectivity index (χ2n) is 5.33. The first-order valence-electron chi connectivity index (χ1n) is 7.30. The smallest absolute Gasteiger partial charge is 0.317 e. The molecule has 2 N–H and O–H groups in total. The van der Waals surface area contributed by atoms with Crippen molar-refractivity contribution in [3.8, 4) is 5.75 Å². The second kappa shape index (κ2) is 6.13. The first-order chi connectivity index (χ1) is 9.83. The molecule has 2 aliphatic rings. The van der Waals surface area contributed by atoms with E-state index in [9.17, 15) is 4.79 Å². The minimum absolute atomic E-state index is 0.0114. The van der Waals surface area contributed by atoms with Gasteiger partial charge in [0.1, 0.15) is 12.4 Å². The van der Waals surface area contributed by atoms with Gasteiger partial charge in [0.15, 0.2) is 0 Å². The van der Waals surface area contributed by atoms with Crippen molar-refractivity contribution in [1.82, 2.24) is 15.5 Å². The summed E-state index contributed by atoms with van der Waals surface area (Å²) in [6.45, 7) is 3.53. The third kappa shape index (κ3) is 3.42. The maximum atomic E-state index is 11.4. The fourth-order valence-electron chi connectivity index (χ4n) is 2.32.